The molecule has 0 spiro atoms. The lowest BCUT2D eigenvalue weighted by Crippen LogP contribution is -2.23. The van der Waals surface area contributed by atoms with Gasteiger partial charge < -0.3 is 5.32 Å². The van der Waals surface area contributed by atoms with Gasteiger partial charge in [-0.25, -0.2) is 0 Å². The maximum absolute atomic E-state index is 13.0. The van der Waals surface area contributed by atoms with Crippen LogP contribution in [0.1, 0.15) is 53.3 Å². The summed E-state index contributed by atoms with van der Waals surface area (Å²) in [4.78, 5) is 14.2. The average molecular weight is 453 g/mol. The number of para-hydroxylation sites is 1. The van der Waals surface area contributed by atoms with Gasteiger partial charge in [0.15, 0.2) is 0 Å². The van der Waals surface area contributed by atoms with Crippen LogP contribution in [0.25, 0.3) is 5.69 Å². The monoisotopic (exact) mass is 452 g/mol. The largest absolute Gasteiger partial charge is 0.316 e. The molecule has 1 amide bonds. The van der Waals surface area contributed by atoms with Crippen LogP contribution in [0, 0.1) is 25.2 Å². The van der Waals surface area contributed by atoms with Crippen LogP contribution < -0.4 is 5.32 Å². The first kappa shape index (κ1) is 21.5. The minimum atomic E-state index is -0.428. The molecule has 1 N–H and O–H groups in total. The lowest BCUT2D eigenvalue weighted by Gasteiger charge is -2.13. The molecule has 1 aliphatic carbocycles. The second-order valence-electron chi connectivity index (χ2n) is 7.74. The number of rotatable bonds is 5. The first-order valence-corrected chi connectivity index (χ1v) is 12.1. The number of nitrogens with one attached hydrogen (secondary N) is 1. The smallest absolute Gasteiger partial charge is 0.238 e. The molecular weight excluding hydrogens is 428 g/mol. The highest BCUT2D eigenvalue weighted by atomic mass is 32.2. The van der Waals surface area contributed by atoms with Crippen molar-refractivity contribution in [1.82, 2.24) is 20.2 Å². The Morgan fingerprint density at radius 3 is 2.74 bits per heavy atom. The molecule has 1 aliphatic rings. The summed E-state index contributed by atoms with van der Waals surface area (Å²) in [5.41, 5.74) is 4.80. The highest BCUT2D eigenvalue weighted by Gasteiger charge is 2.25. The predicted molar refractivity (Wildman–Crippen MR) is 123 cm³/mol. The highest BCUT2D eigenvalue weighted by Crippen LogP contribution is 2.37. The topological polar surface area (TPSA) is 96.5 Å². The number of aryl methyl sites for hydroxylation is 3. The number of thioether (sulfide) groups is 1. The Morgan fingerprint density at radius 1 is 1.26 bits per heavy atom. The Labute approximate surface area is 189 Å². The fourth-order valence-corrected chi connectivity index (χ4v) is 5.94. The van der Waals surface area contributed by atoms with E-state index in [4.69, 9.17) is 0 Å². The Morgan fingerprint density at radius 2 is 2.00 bits per heavy atom. The number of hydrogen-bond acceptors (Lipinski definition) is 7. The van der Waals surface area contributed by atoms with Gasteiger partial charge in [0.05, 0.1) is 16.5 Å². The molecular formula is C22H24N6OS2. The summed E-state index contributed by atoms with van der Waals surface area (Å²) >= 11 is 2.85. The maximum Gasteiger partial charge on any atom is 0.238 e. The third kappa shape index (κ3) is 4.36. The first-order chi connectivity index (χ1) is 15.0. The van der Waals surface area contributed by atoms with E-state index >= 15 is 0 Å². The van der Waals surface area contributed by atoms with E-state index in [0.29, 0.717) is 15.7 Å². The quantitative estimate of drug-likeness (QED) is 0.449. The van der Waals surface area contributed by atoms with Crippen LogP contribution in [-0.2, 0) is 17.6 Å². The normalized spacial score (nSPS) is 14.4. The van der Waals surface area contributed by atoms with Crippen molar-refractivity contribution in [2.75, 3.05) is 5.32 Å². The van der Waals surface area contributed by atoms with E-state index in [2.05, 4.69) is 26.9 Å². The van der Waals surface area contributed by atoms with Crippen molar-refractivity contribution in [3.63, 3.8) is 0 Å². The molecule has 0 aliphatic heterocycles. The zero-order valence-corrected chi connectivity index (χ0v) is 19.4. The number of hydrogen-bond donors (Lipinski definition) is 1. The van der Waals surface area contributed by atoms with Gasteiger partial charge in [-0.2, -0.15) is 9.94 Å². The van der Waals surface area contributed by atoms with Gasteiger partial charge in [-0.05, 0) is 73.6 Å². The van der Waals surface area contributed by atoms with E-state index in [1.165, 1.54) is 23.1 Å². The Kier molecular flexibility index (Phi) is 6.39. The molecule has 7 nitrogen and oxygen atoms in total. The van der Waals surface area contributed by atoms with E-state index in [9.17, 15) is 10.1 Å². The predicted octanol–water partition coefficient (Wildman–Crippen LogP) is 4.60. The van der Waals surface area contributed by atoms with Gasteiger partial charge in [-0.1, -0.05) is 36.4 Å². The summed E-state index contributed by atoms with van der Waals surface area (Å²) < 4.78 is 1.69. The third-order valence-corrected chi connectivity index (χ3v) is 7.75. The number of tetrazole rings is 1. The van der Waals surface area contributed by atoms with Crippen molar-refractivity contribution in [3.05, 3.63) is 45.3 Å². The van der Waals surface area contributed by atoms with Gasteiger partial charge >= 0.3 is 0 Å². The van der Waals surface area contributed by atoms with Crippen LogP contribution in [0.3, 0.4) is 0 Å². The molecule has 0 radical (unpaired) electrons. The van der Waals surface area contributed by atoms with Crippen molar-refractivity contribution in [2.45, 2.75) is 63.3 Å². The molecule has 4 rings (SSSR count). The van der Waals surface area contributed by atoms with Crippen LogP contribution in [0.4, 0.5) is 5.00 Å². The highest BCUT2D eigenvalue weighted by molar-refractivity contribution is 8.00. The molecule has 0 saturated heterocycles. The summed E-state index contributed by atoms with van der Waals surface area (Å²) in [6, 6.07) is 8.34. The van der Waals surface area contributed by atoms with Crippen LogP contribution in [-0.4, -0.2) is 31.4 Å². The number of carbonyl (C=O) groups is 1. The molecule has 3 aromatic rings. The minimum absolute atomic E-state index is 0.158. The van der Waals surface area contributed by atoms with E-state index < -0.39 is 5.25 Å². The number of fused-ring (bicyclic) bond motifs is 1. The number of amides is 1. The molecule has 9 heteroatoms. The summed E-state index contributed by atoms with van der Waals surface area (Å²) in [5, 5.41) is 25.6. The second kappa shape index (κ2) is 9.20. The standard InChI is InChI=1S/C22H24N6OS2/c1-13-8-7-9-14(2)19(13)28-22(25-26-27-28)30-15(3)20(29)24-21-17(12-23)16-10-5-4-6-11-18(16)31-21/h7-9,15H,4-6,10-11H2,1-3H3,(H,24,29)/t15-/m0/s1. The Bertz CT molecular complexity index is 1140. The van der Waals surface area contributed by atoms with Crippen molar-refractivity contribution in [3.8, 4) is 11.8 Å². The molecule has 31 heavy (non-hydrogen) atoms. The molecule has 0 saturated carbocycles. The van der Waals surface area contributed by atoms with E-state index in [-0.39, 0.29) is 5.91 Å². The molecule has 0 fully saturated rings. The lowest BCUT2D eigenvalue weighted by atomic mass is 10.1. The number of nitrogens with zero attached hydrogens (tertiary/aromatic N) is 5. The van der Waals surface area contributed by atoms with Crippen molar-refractivity contribution >= 4 is 34.0 Å². The van der Waals surface area contributed by atoms with Gasteiger partial charge in [0, 0.05) is 4.88 Å². The van der Waals surface area contributed by atoms with Crippen LogP contribution >= 0.6 is 23.1 Å². The third-order valence-electron chi connectivity index (χ3n) is 5.51. The second-order valence-corrected chi connectivity index (χ2v) is 10.2. The summed E-state index contributed by atoms with van der Waals surface area (Å²) in [7, 11) is 0. The van der Waals surface area contributed by atoms with Crippen molar-refractivity contribution in [1.29, 1.82) is 5.26 Å². The van der Waals surface area contributed by atoms with Gasteiger partial charge in [-0.3, -0.25) is 4.79 Å². The fourth-order valence-electron chi connectivity index (χ4n) is 3.91. The number of anilines is 1. The molecule has 2 heterocycles. The summed E-state index contributed by atoms with van der Waals surface area (Å²) in [5.74, 6) is -0.158. The Balaban J connectivity index is 1.53. The van der Waals surface area contributed by atoms with Gasteiger partial charge in [0.1, 0.15) is 11.1 Å². The number of benzene rings is 1. The zero-order valence-electron chi connectivity index (χ0n) is 17.8. The minimum Gasteiger partial charge on any atom is -0.316 e. The van der Waals surface area contributed by atoms with E-state index in [1.807, 2.05) is 39.0 Å². The van der Waals surface area contributed by atoms with Crippen LogP contribution in [0.2, 0.25) is 0 Å². The van der Waals surface area contributed by atoms with Gasteiger partial charge in [-0.15, -0.1) is 16.4 Å². The molecule has 160 valence electrons. The number of nitriles is 1. The SMILES string of the molecule is Cc1cccc(C)c1-n1nnnc1S[C@@H](C)C(=O)Nc1sc2c(c1C#N)CCCCC2. The fraction of sp³-hybridized carbons (Fsp3) is 0.409. The van der Waals surface area contributed by atoms with Crippen molar-refractivity contribution < 1.29 is 4.79 Å². The molecule has 0 bridgehead atoms. The van der Waals surface area contributed by atoms with Gasteiger partial charge in [0.2, 0.25) is 11.1 Å². The first-order valence-electron chi connectivity index (χ1n) is 10.4. The van der Waals surface area contributed by atoms with E-state index in [0.717, 1.165) is 48.1 Å². The van der Waals surface area contributed by atoms with Crippen LogP contribution in [0.15, 0.2) is 23.4 Å². The molecule has 1 aromatic carbocycles. The molecule has 0 unspecified atom stereocenters. The number of carbonyl (C=O) groups excluding carboxylic acids is 1. The number of thiophene rings is 1. The van der Waals surface area contributed by atoms with Crippen molar-refractivity contribution in [2.24, 2.45) is 0 Å². The zero-order chi connectivity index (χ0) is 22.0. The average Bonchev–Trinajstić information content (AvgIpc) is 3.24. The summed E-state index contributed by atoms with van der Waals surface area (Å²) in [6.07, 6.45) is 5.33. The molecule has 1 atom stereocenters. The van der Waals surface area contributed by atoms with Gasteiger partial charge in [0.25, 0.3) is 0 Å². The number of aromatic nitrogens is 4. The summed E-state index contributed by atoms with van der Waals surface area (Å²) in [6.45, 7) is 5.85. The van der Waals surface area contributed by atoms with E-state index in [1.54, 1.807) is 16.0 Å². The lowest BCUT2D eigenvalue weighted by molar-refractivity contribution is -0.115. The van der Waals surface area contributed by atoms with Crippen LogP contribution in [0.5, 0.6) is 0 Å². The Hall–Kier alpha value is -2.70. The maximum atomic E-state index is 13.0. The molecule has 2 aromatic heterocycles.